The van der Waals surface area contributed by atoms with E-state index in [2.05, 4.69) is 86.1 Å². The fourth-order valence-corrected chi connectivity index (χ4v) is 6.19. The number of carbonyl (C=O) groups is 1. The zero-order valence-corrected chi connectivity index (χ0v) is 21.2. The number of fused-ring (bicyclic) bond motifs is 3. The summed E-state index contributed by atoms with van der Waals surface area (Å²) in [6, 6.07) is 24.9. The minimum absolute atomic E-state index is 0.268. The molecule has 0 saturated heterocycles. The largest absolute Gasteiger partial charge is 0.440 e. The van der Waals surface area contributed by atoms with Crippen LogP contribution in [0.1, 0.15) is 52.7 Å². The second-order valence-electron chi connectivity index (χ2n) is 8.68. The second-order valence-corrected chi connectivity index (χ2v) is 9.73. The van der Waals surface area contributed by atoms with Gasteiger partial charge in [0.2, 0.25) is 0 Å². The molecule has 1 aliphatic rings. The van der Waals surface area contributed by atoms with E-state index in [4.69, 9.17) is 4.74 Å². The number of nitrogens with one attached hydrogen (secondary N) is 1. The first kappa shape index (κ1) is 23.2. The van der Waals surface area contributed by atoms with Crippen molar-refractivity contribution in [1.82, 2.24) is 5.32 Å². The molecule has 5 rings (SSSR count). The minimum Gasteiger partial charge on any atom is -0.440 e. The predicted octanol–water partition coefficient (Wildman–Crippen LogP) is 6.79. The van der Waals surface area contributed by atoms with Gasteiger partial charge in [0.1, 0.15) is 4.88 Å². The lowest BCUT2D eigenvalue weighted by Gasteiger charge is -2.31. The highest BCUT2D eigenvalue weighted by atomic mass is 32.1. The summed E-state index contributed by atoms with van der Waals surface area (Å²) in [4.78, 5) is 16.3. The fourth-order valence-electron chi connectivity index (χ4n) is 5.07. The van der Waals surface area contributed by atoms with Crippen LogP contribution in [0.15, 0.2) is 79.4 Å². The minimum atomic E-state index is -1.01. The Kier molecular flexibility index (Phi) is 6.12. The highest BCUT2D eigenvalue weighted by Crippen LogP contribution is 2.52. The molecule has 3 aromatic carbocycles. The molecule has 0 saturated carbocycles. The van der Waals surface area contributed by atoms with E-state index in [1.807, 2.05) is 24.3 Å². The quantitative estimate of drug-likeness (QED) is 0.281. The van der Waals surface area contributed by atoms with Gasteiger partial charge in [0.05, 0.1) is 0 Å². The molecule has 5 heteroatoms. The van der Waals surface area contributed by atoms with Crippen molar-refractivity contribution in [2.75, 3.05) is 24.5 Å². The summed E-state index contributed by atoms with van der Waals surface area (Å²) in [5.41, 5.74) is 4.86. The Labute approximate surface area is 210 Å². The molecule has 4 aromatic rings. The first-order valence-corrected chi connectivity index (χ1v) is 13.0. The van der Waals surface area contributed by atoms with Crippen LogP contribution in [0.2, 0.25) is 0 Å². The molecule has 2 heterocycles. The molecule has 1 unspecified atom stereocenters. The first-order chi connectivity index (χ1) is 17.0. The van der Waals surface area contributed by atoms with Crippen molar-refractivity contribution in [2.45, 2.75) is 26.4 Å². The van der Waals surface area contributed by atoms with E-state index in [0.29, 0.717) is 4.88 Å². The summed E-state index contributed by atoms with van der Waals surface area (Å²) in [6.07, 6.45) is 0. The molecule has 0 amide bonds. The monoisotopic (exact) mass is 482 g/mol. The predicted molar refractivity (Wildman–Crippen MR) is 146 cm³/mol. The van der Waals surface area contributed by atoms with Crippen molar-refractivity contribution >= 4 is 38.8 Å². The van der Waals surface area contributed by atoms with E-state index in [0.717, 1.165) is 63.4 Å². The maximum atomic E-state index is 13.3. The molecular formula is C30H30N2O2S. The van der Waals surface area contributed by atoms with Crippen LogP contribution >= 0.6 is 11.3 Å². The molecule has 0 spiro atoms. The van der Waals surface area contributed by atoms with Gasteiger partial charge in [-0.15, -0.1) is 11.3 Å². The Morgan fingerprint density at radius 2 is 1.57 bits per heavy atom. The summed E-state index contributed by atoms with van der Waals surface area (Å²) in [5, 5.41) is 4.34. The molecule has 178 valence electrons. The lowest BCUT2D eigenvalue weighted by molar-refractivity contribution is 0.0256. The first-order valence-electron chi connectivity index (χ1n) is 12.2. The van der Waals surface area contributed by atoms with E-state index >= 15 is 0 Å². The van der Waals surface area contributed by atoms with E-state index < -0.39 is 5.60 Å². The molecule has 1 aromatic heterocycles. The van der Waals surface area contributed by atoms with Gasteiger partial charge in [0, 0.05) is 57.8 Å². The number of hydrogen-bond acceptors (Lipinski definition) is 5. The molecule has 35 heavy (non-hydrogen) atoms. The Bertz CT molecular complexity index is 1380. The number of anilines is 1. The van der Waals surface area contributed by atoms with Gasteiger partial charge < -0.3 is 15.0 Å². The number of ether oxygens (including phenoxy) is 1. The number of cyclic esters (lactones) is 1. The summed E-state index contributed by atoms with van der Waals surface area (Å²) in [7, 11) is 0. The van der Waals surface area contributed by atoms with Crippen LogP contribution in [0.25, 0.3) is 15.8 Å². The van der Waals surface area contributed by atoms with Gasteiger partial charge in [-0.1, -0.05) is 61.2 Å². The summed E-state index contributed by atoms with van der Waals surface area (Å²) in [6.45, 7) is 13.2. The number of rotatable bonds is 8. The number of nitrogens with zero attached hydrogens (tertiary/aromatic N) is 1. The number of esters is 1. The smallest absolute Gasteiger partial charge is 0.350 e. The van der Waals surface area contributed by atoms with E-state index in [1.165, 1.54) is 11.3 Å². The molecule has 0 aliphatic carbocycles. The Hall–Kier alpha value is -3.57. The molecule has 0 radical (unpaired) electrons. The maximum Gasteiger partial charge on any atom is 0.350 e. The summed E-state index contributed by atoms with van der Waals surface area (Å²) < 4.78 is 7.45. The number of benzene rings is 3. The van der Waals surface area contributed by atoms with Crippen molar-refractivity contribution in [3.05, 3.63) is 107 Å². The Morgan fingerprint density at radius 1 is 0.943 bits per heavy atom. The van der Waals surface area contributed by atoms with Gasteiger partial charge in [0.25, 0.3) is 0 Å². The summed E-state index contributed by atoms with van der Waals surface area (Å²) in [5.74, 6) is -0.268. The van der Waals surface area contributed by atoms with Gasteiger partial charge in [-0.2, -0.15) is 0 Å². The third-order valence-corrected chi connectivity index (χ3v) is 7.96. The molecule has 1 atom stereocenters. The van der Waals surface area contributed by atoms with Crippen molar-refractivity contribution in [3.8, 4) is 0 Å². The second kappa shape index (κ2) is 9.23. The highest BCUT2D eigenvalue weighted by Gasteiger charge is 2.51. The number of thiophene rings is 1. The van der Waals surface area contributed by atoms with Gasteiger partial charge in [-0.3, -0.25) is 0 Å². The van der Waals surface area contributed by atoms with E-state index in [1.54, 1.807) is 0 Å². The maximum absolute atomic E-state index is 13.3. The molecule has 0 fully saturated rings. The van der Waals surface area contributed by atoms with Crippen molar-refractivity contribution < 1.29 is 9.53 Å². The average Bonchev–Trinajstić information content (AvgIpc) is 3.42. The number of hydrogen-bond donors (Lipinski definition) is 1. The van der Waals surface area contributed by atoms with Crippen LogP contribution in [0.4, 0.5) is 5.69 Å². The average molecular weight is 483 g/mol. The lowest BCUT2D eigenvalue weighted by atomic mass is 9.79. The van der Waals surface area contributed by atoms with E-state index in [9.17, 15) is 4.79 Å². The van der Waals surface area contributed by atoms with Crippen LogP contribution in [0.5, 0.6) is 0 Å². The number of carbonyl (C=O) groups excluding carboxylic acids is 1. The van der Waals surface area contributed by atoms with Crippen LogP contribution in [0.3, 0.4) is 0 Å². The third kappa shape index (κ3) is 3.71. The standard InChI is InChI=1S/C30H30N2O2S/c1-5-31-20(4)21-12-14-22(15-13-21)30(23-16-18-24(19-17-23)32(6-2)7-3)27-25-10-8-9-11-26(25)35-28(27)29(33)34-30/h8-19,31H,4-7H2,1-3H3. The van der Waals surface area contributed by atoms with Gasteiger partial charge >= 0.3 is 5.97 Å². The zero-order valence-electron chi connectivity index (χ0n) is 20.4. The topological polar surface area (TPSA) is 41.6 Å². The molecule has 1 N–H and O–H groups in total. The molecular weight excluding hydrogens is 452 g/mol. The van der Waals surface area contributed by atoms with Gasteiger partial charge in [0.15, 0.2) is 5.60 Å². The SMILES string of the molecule is C=C(NCC)c1ccc(C2(c3ccc(N(CC)CC)cc3)OC(=O)c3sc4ccccc4c32)cc1. The molecule has 0 bridgehead atoms. The van der Waals surface area contributed by atoms with Crippen LogP contribution < -0.4 is 10.2 Å². The molecule has 4 nitrogen and oxygen atoms in total. The normalized spacial score (nSPS) is 16.7. The van der Waals surface area contributed by atoms with Crippen molar-refractivity contribution in [1.29, 1.82) is 0 Å². The fraction of sp³-hybridized carbons (Fsp3) is 0.233. The third-order valence-electron chi connectivity index (χ3n) is 6.81. The van der Waals surface area contributed by atoms with Crippen LogP contribution in [-0.4, -0.2) is 25.6 Å². The van der Waals surface area contributed by atoms with Crippen molar-refractivity contribution in [2.24, 2.45) is 0 Å². The van der Waals surface area contributed by atoms with Gasteiger partial charge in [-0.25, -0.2) is 4.79 Å². The zero-order chi connectivity index (χ0) is 24.6. The Morgan fingerprint density at radius 3 is 2.20 bits per heavy atom. The van der Waals surface area contributed by atoms with Gasteiger partial charge in [-0.05, 0) is 44.5 Å². The summed E-state index contributed by atoms with van der Waals surface area (Å²) >= 11 is 1.51. The Balaban J connectivity index is 1.72. The lowest BCUT2D eigenvalue weighted by Crippen LogP contribution is -2.30. The molecule has 1 aliphatic heterocycles. The van der Waals surface area contributed by atoms with Crippen LogP contribution in [-0.2, 0) is 10.3 Å². The van der Waals surface area contributed by atoms with E-state index in [-0.39, 0.29) is 5.97 Å². The van der Waals surface area contributed by atoms with Crippen molar-refractivity contribution in [3.63, 3.8) is 0 Å². The highest BCUT2D eigenvalue weighted by molar-refractivity contribution is 7.21. The van der Waals surface area contributed by atoms with Crippen LogP contribution in [0, 0.1) is 0 Å².